The fourth-order valence-electron chi connectivity index (χ4n) is 2.12. The Morgan fingerprint density at radius 3 is 2.82 bits per heavy atom. The first-order chi connectivity index (χ1) is 10.6. The van der Waals surface area contributed by atoms with Crippen LogP contribution in [0.15, 0.2) is 41.1 Å². The van der Waals surface area contributed by atoms with Gasteiger partial charge in [-0.3, -0.25) is 4.98 Å². The SMILES string of the molecule is CCC(CO)N(Cc1ccco1)C(=O)Nc1ccc(C)nc1. The number of nitrogens with zero attached hydrogens (tertiary/aromatic N) is 2. The lowest BCUT2D eigenvalue weighted by Crippen LogP contribution is -2.44. The van der Waals surface area contributed by atoms with Gasteiger partial charge in [0.25, 0.3) is 0 Å². The molecule has 2 amide bonds. The predicted molar refractivity (Wildman–Crippen MR) is 83.4 cm³/mol. The van der Waals surface area contributed by atoms with E-state index < -0.39 is 0 Å². The summed E-state index contributed by atoms with van der Waals surface area (Å²) in [6, 6.07) is 6.64. The number of hydrogen-bond donors (Lipinski definition) is 2. The number of carbonyl (C=O) groups is 1. The molecule has 118 valence electrons. The van der Waals surface area contributed by atoms with Gasteiger partial charge in [0.1, 0.15) is 5.76 Å². The number of aryl methyl sites for hydroxylation is 1. The molecule has 0 aromatic carbocycles. The zero-order valence-electron chi connectivity index (χ0n) is 12.8. The van der Waals surface area contributed by atoms with Crippen LogP contribution in [-0.2, 0) is 6.54 Å². The normalized spacial score (nSPS) is 12.0. The molecule has 2 rings (SSSR count). The molecular formula is C16H21N3O3. The van der Waals surface area contributed by atoms with Crippen LogP contribution in [0.4, 0.5) is 10.5 Å². The largest absolute Gasteiger partial charge is 0.467 e. The Morgan fingerprint density at radius 2 is 2.27 bits per heavy atom. The molecule has 1 unspecified atom stereocenters. The van der Waals surface area contributed by atoms with Crippen molar-refractivity contribution in [1.29, 1.82) is 0 Å². The number of aromatic nitrogens is 1. The fourth-order valence-corrected chi connectivity index (χ4v) is 2.12. The van der Waals surface area contributed by atoms with Crippen molar-refractivity contribution in [2.24, 2.45) is 0 Å². The lowest BCUT2D eigenvalue weighted by atomic mass is 10.2. The lowest BCUT2D eigenvalue weighted by molar-refractivity contribution is 0.129. The number of aliphatic hydroxyl groups excluding tert-OH is 1. The van der Waals surface area contributed by atoms with Crippen LogP contribution in [0.1, 0.15) is 24.8 Å². The van der Waals surface area contributed by atoms with Crippen LogP contribution in [0, 0.1) is 6.92 Å². The first-order valence-electron chi connectivity index (χ1n) is 7.27. The van der Waals surface area contributed by atoms with Gasteiger partial charge in [-0.15, -0.1) is 0 Å². The van der Waals surface area contributed by atoms with Gasteiger partial charge in [0.05, 0.1) is 37.3 Å². The van der Waals surface area contributed by atoms with E-state index in [-0.39, 0.29) is 18.7 Å². The van der Waals surface area contributed by atoms with Gasteiger partial charge in [0.15, 0.2) is 0 Å². The van der Waals surface area contributed by atoms with Crippen molar-refractivity contribution in [1.82, 2.24) is 9.88 Å². The maximum Gasteiger partial charge on any atom is 0.322 e. The Balaban J connectivity index is 2.12. The molecule has 0 aliphatic rings. The Bertz CT molecular complexity index is 577. The number of amides is 2. The number of hydrogen-bond acceptors (Lipinski definition) is 4. The molecule has 0 spiro atoms. The first-order valence-corrected chi connectivity index (χ1v) is 7.27. The second kappa shape index (κ2) is 7.61. The van der Waals surface area contributed by atoms with Crippen LogP contribution in [0.2, 0.25) is 0 Å². The summed E-state index contributed by atoms with van der Waals surface area (Å²) >= 11 is 0. The Hall–Kier alpha value is -2.34. The van der Waals surface area contributed by atoms with Crippen molar-refractivity contribution in [2.45, 2.75) is 32.9 Å². The molecule has 0 aliphatic carbocycles. The Labute approximate surface area is 129 Å². The van der Waals surface area contributed by atoms with Crippen molar-refractivity contribution in [3.05, 3.63) is 48.2 Å². The Morgan fingerprint density at radius 1 is 1.45 bits per heavy atom. The maximum absolute atomic E-state index is 12.5. The smallest absolute Gasteiger partial charge is 0.322 e. The third kappa shape index (κ3) is 4.08. The number of urea groups is 1. The summed E-state index contributed by atoms with van der Waals surface area (Å²) in [6.07, 6.45) is 3.82. The summed E-state index contributed by atoms with van der Waals surface area (Å²) in [5.41, 5.74) is 1.50. The molecule has 0 saturated heterocycles. The highest BCUT2D eigenvalue weighted by atomic mass is 16.3. The molecule has 22 heavy (non-hydrogen) atoms. The van der Waals surface area contributed by atoms with Gasteiger partial charge in [-0.2, -0.15) is 0 Å². The second-order valence-electron chi connectivity index (χ2n) is 5.07. The molecule has 2 aromatic heterocycles. The van der Waals surface area contributed by atoms with Crippen molar-refractivity contribution in [3.63, 3.8) is 0 Å². The van der Waals surface area contributed by atoms with Crippen LogP contribution >= 0.6 is 0 Å². The quantitative estimate of drug-likeness (QED) is 0.860. The first kappa shape index (κ1) is 16.0. The maximum atomic E-state index is 12.5. The summed E-state index contributed by atoms with van der Waals surface area (Å²) in [4.78, 5) is 18.2. The van der Waals surface area contributed by atoms with E-state index in [0.717, 1.165) is 5.69 Å². The minimum atomic E-state index is -0.289. The molecule has 0 aliphatic heterocycles. The minimum Gasteiger partial charge on any atom is -0.467 e. The number of furan rings is 1. The highest BCUT2D eigenvalue weighted by molar-refractivity contribution is 5.89. The molecule has 2 N–H and O–H groups in total. The standard InChI is InChI=1S/C16H21N3O3/c1-3-14(11-20)19(10-15-5-4-8-22-15)16(21)18-13-7-6-12(2)17-9-13/h4-9,14,20H,3,10-11H2,1-2H3,(H,18,21). The monoisotopic (exact) mass is 303 g/mol. The van der Waals surface area contributed by atoms with Crippen LogP contribution in [0.3, 0.4) is 0 Å². The molecule has 0 bridgehead atoms. The van der Waals surface area contributed by atoms with Crippen LogP contribution in [0.5, 0.6) is 0 Å². The van der Waals surface area contributed by atoms with Crippen LogP contribution in [-0.4, -0.2) is 33.7 Å². The van der Waals surface area contributed by atoms with Crippen molar-refractivity contribution in [2.75, 3.05) is 11.9 Å². The zero-order valence-corrected chi connectivity index (χ0v) is 12.8. The molecule has 6 nitrogen and oxygen atoms in total. The highest BCUT2D eigenvalue weighted by Crippen LogP contribution is 2.14. The number of anilines is 1. The molecule has 6 heteroatoms. The summed E-state index contributed by atoms with van der Waals surface area (Å²) in [6.45, 7) is 4.01. The number of nitrogens with one attached hydrogen (secondary N) is 1. The van der Waals surface area contributed by atoms with Gasteiger partial charge in [0.2, 0.25) is 0 Å². The van der Waals surface area contributed by atoms with E-state index in [4.69, 9.17) is 4.42 Å². The molecule has 2 heterocycles. The molecule has 1 atom stereocenters. The molecular weight excluding hydrogens is 282 g/mol. The van der Waals surface area contributed by atoms with E-state index in [1.807, 2.05) is 19.9 Å². The average molecular weight is 303 g/mol. The summed E-state index contributed by atoms with van der Waals surface area (Å²) in [7, 11) is 0. The van der Waals surface area contributed by atoms with Gasteiger partial charge < -0.3 is 19.7 Å². The van der Waals surface area contributed by atoms with Gasteiger partial charge in [-0.25, -0.2) is 4.79 Å². The van der Waals surface area contributed by atoms with E-state index in [2.05, 4.69) is 10.3 Å². The Kier molecular flexibility index (Phi) is 5.55. The number of pyridine rings is 1. The summed E-state index contributed by atoms with van der Waals surface area (Å²) in [5.74, 6) is 0.670. The van der Waals surface area contributed by atoms with E-state index in [1.54, 1.807) is 35.6 Å². The van der Waals surface area contributed by atoms with Crippen molar-refractivity contribution < 1.29 is 14.3 Å². The molecule has 0 fully saturated rings. The van der Waals surface area contributed by atoms with Gasteiger partial charge in [-0.1, -0.05) is 6.92 Å². The number of carbonyl (C=O) groups excluding carboxylic acids is 1. The van der Waals surface area contributed by atoms with Gasteiger partial charge in [-0.05, 0) is 37.6 Å². The second-order valence-corrected chi connectivity index (χ2v) is 5.07. The number of rotatable bonds is 6. The topological polar surface area (TPSA) is 78.6 Å². The molecule has 2 aromatic rings. The third-order valence-corrected chi connectivity index (χ3v) is 3.45. The van der Waals surface area contributed by atoms with E-state index in [9.17, 15) is 9.90 Å². The predicted octanol–water partition coefficient (Wildman–Crippen LogP) is 2.79. The van der Waals surface area contributed by atoms with E-state index in [0.29, 0.717) is 24.4 Å². The summed E-state index contributed by atoms with van der Waals surface area (Å²) in [5, 5.41) is 12.3. The van der Waals surface area contributed by atoms with E-state index in [1.165, 1.54) is 0 Å². The summed E-state index contributed by atoms with van der Waals surface area (Å²) < 4.78 is 5.30. The number of aliphatic hydroxyl groups is 1. The zero-order chi connectivity index (χ0) is 15.9. The lowest BCUT2D eigenvalue weighted by Gasteiger charge is -2.29. The van der Waals surface area contributed by atoms with Crippen molar-refractivity contribution >= 4 is 11.7 Å². The minimum absolute atomic E-state index is 0.100. The molecule has 0 radical (unpaired) electrons. The van der Waals surface area contributed by atoms with E-state index >= 15 is 0 Å². The van der Waals surface area contributed by atoms with Gasteiger partial charge in [0, 0.05) is 5.69 Å². The highest BCUT2D eigenvalue weighted by Gasteiger charge is 2.23. The molecule has 0 saturated carbocycles. The van der Waals surface area contributed by atoms with Crippen LogP contribution < -0.4 is 5.32 Å². The average Bonchev–Trinajstić information content (AvgIpc) is 3.03. The van der Waals surface area contributed by atoms with Crippen LogP contribution in [0.25, 0.3) is 0 Å². The third-order valence-electron chi connectivity index (χ3n) is 3.45. The van der Waals surface area contributed by atoms with Gasteiger partial charge >= 0.3 is 6.03 Å². The van der Waals surface area contributed by atoms with Crippen molar-refractivity contribution in [3.8, 4) is 0 Å². The fraction of sp³-hybridized carbons (Fsp3) is 0.375.